The third-order valence-corrected chi connectivity index (χ3v) is 2.96. The average molecular weight is 245 g/mol. The molecular formula is C16H11N3. The molecule has 3 nitrogen and oxygen atoms in total. The van der Waals surface area contributed by atoms with E-state index in [-0.39, 0.29) is 0 Å². The van der Waals surface area contributed by atoms with E-state index in [0.29, 0.717) is 5.56 Å². The molecule has 3 rings (SSSR count). The van der Waals surface area contributed by atoms with Crippen LogP contribution in [0.4, 0.5) is 0 Å². The van der Waals surface area contributed by atoms with Crippen LogP contribution in [0.25, 0.3) is 23.0 Å². The number of benzene rings is 2. The molecule has 19 heavy (non-hydrogen) atoms. The predicted molar refractivity (Wildman–Crippen MR) is 76.1 cm³/mol. The second-order valence-corrected chi connectivity index (χ2v) is 4.26. The van der Waals surface area contributed by atoms with Crippen LogP contribution in [-0.4, -0.2) is 9.55 Å². The molecule has 3 aromatic rings. The highest BCUT2D eigenvalue weighted by atomic mass is 15.0. The van der Waals surface area contributed by atoms with Crippen LogP contribution in [0.5, 0.6) is 0 Å². The van der Waals surface area contributed by atoms with Crippen LogP contribution in [0, 0.1) is 11.3 Å². The summed E-state index contributed by atoms with van der Waals surface area (Å²) in [5.74, 6) is 0. The Hall–Kier alpha value is -2.86. The third-order valence-electron chi connectivity index (χ3n) is 2.96. The van der Waals surface area contributed by atoms with Gasteiger partial charge in [-0.05, 0) is 40.6 Å². The van der Waals surface area contributed by atoms with E-state index in [9.17, 15) is 0 Å². The smallest absolute Gasteiger partial charge is 0.0991 e. The fourth-order valence-electron chi connectivity index (χ4n) is 1.97. The van der Waals surface area contributed by atoms with Gasteiger partial charge in [0.05, 0.1) is 18.0 Å². The second kappa shape index (κ2) is 4.79. The fraction of sp³-hybridized carbons (Fsp3) is 0. The Kier molecular flexibility index (Phi) is 2.83. The molecule has 0 atom stereocenters. The Bertz CT molecular complexity index is 777. The van der Waals surface area contributed by atoms with Crippen molar-refractivity contribution >= 4 is 23.0 Å². The molecule has 0 bridgehead atoms. The van der Waals surface area contributed by atoms with E-state index in [1.54, 1.807) is 12.5 Å². The highest BCUT2D eigenvalue weighted by molar-refractivity contribution is 5.86. The Balaban J connectivity index is 1.96. The van der Waals surface area contributed by atoms with Gasteiger partial charge in [-0.1, -0.05) is 18.2 Å². The lowest BCUT2D eigenvalue weighted by Crippen LogP contribution is -1.81. The molecule has 90 valence electrons. The first-order chi connectivity index (χ1) is 9.35. The summed E-state index contributed by atoms with van der Waals surface area (Å²) in [6.07, 6.45) is 9.36. The molecule has 0 aliphatic carbocycles. The molecule has 0 saturated heterocycles. The highest BCUT2D eigenvalue weighted by Gasteiger charge is 1.96. The normalized spacial score (nSPS) is 10.9. The van der Waals surface area contributed by atoms with Gasteiger partial charge in [-0.2, -0.15) is 5.26 Å². The minimum Gasteiger partial charge on any atom is -0.313 e. The summed E-state index contributed by atoms with van der Waals surface area (Å²) in [5.41, 5.74) is 1.81. The van der Waals surface area contributed by atoms with Gasteiger partial charge >= 0.3 is 0 Å². The van der Waals surface area contributed by atoms with E-state index < -0.39 is 0 Å². The van der Waals surface area contributed by atoms with Crippen molar-refractivity contribution in [1.29, 1.82) is 5.26 Å². The maximum absolute atomic E-state index is 8.87. The zero-order chi connectivity index (χ0) is 13.1. The Morgan fingerprint density at radius 2 is 1.95 bits per heavy atom. The Morgan fingerprint density at radius 3 is 2.74 bits per heavy atom. The van der Waals surface area contributed by atoms with Gasteiger partial charge in [0.25, 0.3) is 0 Å². The lowest BCUT2D eigenvalue weighted by atomic mass is 10.0. The summed E-state index contributed by atoms with van der Waals surface area (Å²) in [6.45, 7) is 0. The highest BCUT2D eigenvalue weighted by Crippen LogP contribution is 2.18. The van der Waals surface area contributed by atoms with E-state index in [1.807, 2.05) is 53.4 Å². The first kappa shape index (κ1) is 11.2. The molecule has 1 heterocycles. The quantitative estimate of drug-likeness (QED) is 0.693. The van der Waals surface area contributed by atoms with Gasteiger partial charge in [-0.3, -0.25) is 0 Å². The monoisotopic (exact) mass is 245 g/mol. The van der Waals surface area contributed by atoms with Gasteiger partial charge in [0.2, 0.25) is 0 Å². The first-order valence-corrected chi connectivity index (χ1v) is 5.95. The maximum atomic E-state index is 8.87. The van der Waals surface area contributed by atoms with Crippen molar-refractivity contribution in [2.45, 2.75) is 0 Å². The predicted octanol–water partition coefficient (Wildman–Crippen LogP) is 3.54. The SMILES string of the molecule is N#Cc1ccc2cc(/C=C/n3ccnc3)ccc2c1. The van der Waals surface area contributed by atoms with Gasteiger partial charge < -0.3 is 4.57 Å². The number of nitriles is 1. The van der Waals surface area contributed by atoms with Crippen LogP contribution in [0.15, 0.2) is 55.1 Å². The summed E-state index contributed by atoms with van der Waals surface area (Å²) in [4.78, 5) is 3.98. The molecule has 0 spiro atoms. The maximum Gasteiger partial charge on any atom is 0.0991 e. The number of nitrogens with zero attached hydrogens (tertiary/aromatic N) is 3. The van der Waals surface area contributed by atoms with Gasteiger partial charge in [-0.15, -0.1) is 0 Å². The van der Waals surface area contributed by atoms with Crippen molar-refractivity contribution in [3.63, 3.8) is 0 Å². The van der Waals surface area contributed by atoms with E-state index in [1.165, 1.54) is 0 Å². The standard InChI is InChI=1S/C16H11N3/c17-11-14-2-4-15-9-13(1-3-16(15)10-14)5-7-19-8-6-18-12-19/h1-10,12H/b7-5+. The minimum atomic E-state index is 0.689. The number of hydrogen-bond donors (Lipinski definition) is 0. The number of hydrogen-bond acceptors (Lipinski definition) is 2. The van der Waals surface area contributed by atoms with Crippen molar-refractivity contribution < 1.29 is 0 Å². The van der Waals surface area contributed by atoms with Crippen LogP contribution in [0.3, 0.4) is 0 Å². The molecule has 0 aliphatic rings. The van der Waals surface area contributed by atoms with E-state index in [2.05, 4.69) is 17.1 Å². The third kappa shape index (κ3) is 2.38. The number of aromatic nitrogens is 2. The molecule has 0 N–H and O–H groups in total. The van der Waals surface area contributed by atoms with Crippen LogP contribution < -0.4 is 0 Å². The van der Waals surface area contributed by atoms with E-state index >= 15 is 0 Å². The lowest BCUT2D eigenvalue weighted by Gasteiger charge is -2.00. The summed E-state index contributed by atoms with van der Waals surface area (Å²) >= 11 is 0. The number of rotatable bonds is 2. The molecule has 3 heteroatoms. The molecule has 0 saturated carbocycles. The van der Waals surface area contributed by atoms with Gasteiger partial charge in [0, 0.05) is 18.6 Å². The molecule has 0 radical (unpaired) electrons. The van der Waals surface area contributed by atoms with Crippen molar-refractivity contribution in [3.8, 4) is 6.07 Å². The molecule has 2 aromatic carbocycles. The molecule has 0 fully saturated rings. The second-order valence-electron chi connectivity index (χ2n) is 4.26. The molecular weight excluding hydrogens is 234 g/mol. The molecule has 0 aliphatic heterocycles. The summed E-state index contributed by atoms with van der Waals surface area (Å²) in [6, 6.07) is 14.0. The zero-order valence-corrected chi connectivity index (χ0v) is 10.2. The molecule has 1 aromatic heterocycles. The van der Waals surface area contributed by atoms with Crippen molar-refractivity contribution in [3.05, 3.63) is 66.2 Å². The summed E-state index contributed by atoms with van der Waals surface area (Å²) in [5, 5.41) is 11.1. The van der Waals surface area contributed by atoms with Crippen LogP contribution in [0.1, 0.15) is 11.1 Å². The van der Waals surface area contributed by atoms with E-state index in [0.717, 1.165) is 16.3 Å². The van der Waals surface area contributed by atoms with Gasteiger partial charge in [0.15, 0.2) is 0 Å². The van der Waals surface area contributed by atoms with Gasteiger partial charge in [-0.25, -0.2) is 4.98 Å². The Morgan fingerprint density at radius 1 is 1.11 bits per heavy atom. The fourth-order valence-corrected chi connectivity index (χ4v) is 1.97. The van der Waals surface area contributed by atoms with Crippen molar-refractivity contribution in [1.82, 2.24) is 9.55 Å². The molecule has 0 amide bonds. The summed E-state index contributed by atoms with van der Waals surface area (Å²) in [7, 11) is 0. The van der Waals surface area contributed by atoms with Crippen molar-refractivity contribution in [2.75, 3.05) is 0 Å². The van der Waals surface area contributed by atoms with Gasteiger partial charge in [0.1, 0.15) is 0 Å². The molecule has 0 unspecified atom stereocenters. The van der Waals surface area contributed by atoms with Crippen LogP contribution in [0.2, 0.25) is 0 Å². The van der Waals surface area contributed by atoms with Crippen LogP contribution in [-0.2, 0) is 0 Å². The first-order valence-electron chi connectivity index (χ1n) is 5.95. The summed E-state index contributed by atoms with van der Waals surface area (Å²) < 4.78 is 1.89. The zero-order valence-electron chi connectivity index (χ0n) is 10.2. The minimum absolute atomic E-state index is 0.689. The number of fused-ring (bicyclic) bond motifs is 1. The van der Waals surface area contributed by atoms with E-state index in [4.69, 9.17) is 5.26 Å². The van der Waals surface area contributed by atoms with Crippen molar-refractivity contribution in [2.24, 2.45) is 0 Å². The lowest BCUT2D eigenvalue weighted by molar-refractivity contribution is 1.14. The average Bonchev–Trinajstić information content (AvgIpc) is 2.97. The topological polar surface area (TPSA) is 41.6 Å². The largest absolute Gasteiger partial charge is 0.313 e. The Labute approximate surface area is 111 Å². The van der Waals surface area contributed by atoms with Crippen LogP contribution >= 0.6 is 0 Å². The number of imidazole rings is 1.